The molecule has 6 heteroatoms. The molecule has 0 aromatic heterocycles. The van der Waals surface area contributed by atoms with Gasteiger partial charge in [-0.15, -0.1) is 0 Å². The fourth-order valence-corrected chi connectivity index (χ4v) is 6.32. The number of rotatable bonds is 2. The van der Waals surface area contributed by atoms with Gasteiger partial charge in [-0.2, -0.15) is 4.58 Å². The lowest BCUT2D eigenvalue weighted by Crippen LogP contribution is -2.30. The molecule has 0 aliphatic carbocycles. The van der Waals surface area contributed by atoms with Crippen molar-refractivity contribution in [1.29, 1.82) is 0 Å². The lowest BCUT2D eigenvalue weighted by molar-refractivity contribution is -0.401. The second-order valence-corrected chi connectivity index (χ2v) is 12.5. The molecule has 6 rings (SSSR count). The zero-order valence-corrected chi connectivity index (χ0v) is 23.6. The van der Waals surface area contributed by atoms with Gasteiger partial charge in [-0.1, -0.05) is 19.9 Å². The molecular weight excluding hydrogens is 464 g/mol. The van der Waals surface area contributed by atoms with Crippen LogP contribution in [0.5, 0.6) is 23.0 Å². The molecule has 0 spiro atoms. The third-order valence-corrected chi connectivity index (χ3v) is 8.13. The maximum absolute atomic E-state index is 6.04. The fraction of sp³-hybridized carbons (Fsp3) is 0.452. The second-order valence-electron chi connectivity index (χ2n) is 12.5. The zero-order valence-electron chi connectivity index (χ0n) is 23.6. The molecule has 37 heavy (non-hydrogen) atoms. The minimum Gasteiger partial charge on any atom is -0.449 e. The van der Waals surface area contributed by atoms with Crippen LogP contribution in [-0.2, 0) is 10.8 Å². The van der Waals surface area contributed by atoms with Crippen LogP contribution in [0.3, 0.4) is 0 Å². The summed E-state index contributed by atoms with van der Waals surface area (Å²) in [6.45, 7) is 16.8. The van der Waals surface area contributed by atoms with Crippen molar-refractivity contribution in [2.45, 2.75) is 77.8 Å². The summed E-state index contributed by atoms with van der Waals surface area (Å²) >= 11 is 0. The van der Waals surface area contributed by atoms with Gasteiger partial charge in [-0.25, -0.2) is 0 Å². The number of anilines is 1. The predicted molar refractivity (Wildman–Crippen MR) is 146 cm³/mol. The van der Waals surface area contributed by atoms with Gasteiger partial charge in [-0.05, 0) is 37.6 Å². The van der Waals surface area contributed by atoms with E-state index in [0.29, 0.717) is 0 Å². The van der Waals surface area contributed by atoms with Crippen molar-refractivity contribution in [2.24, 2.45) is 0 Å². The highest BCUT2D eigenvalue weighted by Crippen LogP contribution is 2.53. The number of hydrogen-bond donors (Lipinski definition) is 0. The van der Waals surface area contributed by atoms with Crippen LogP contribution >= 0.6 is 0 Å². The van der Waals surface area contributed by atoms with Gasteiger partial charge in [0.15, 0.2) is 28.7 Å². The first kappa shape index (κ1) is 24.0. The smallest absolute Gasteiger partial charge is 0.246 e. The van der Waals surface area contributed by atoms with E-state index in [1.54, 1.807) is 0 Å². The largest absolute Gasteiger partial charge is 0.449 e. The topological polar surface area (TPSA) is 43.2 Å². The molecule has 0 N–H and O–H groups in total. The van der Waals surface area contributed by atoms with Crippen LogP contribution in [0.2, 0.25) is 0 Å². The molecule has 0 unspecified atom stereocenters. The van der Waals surface area contributed by atoms with Crippen molar-refractivity contribution in [3.05, 3.63) is 59.3 Å². The number of nitrogens with zero attached hydrogens (tertiary/aromatic N) is 2. The third-order valence-electron chi connectivity index (χ3n) is 8.13. The Morgan fingerprint density at radius 2 is 1.22 bits per heavy atom. The second kappa shape index (κ2) is 7.12. The molecule has 4 aliphatic rings. The molecule has 0 atom stereocenters. The molecule has 4 heterocycles. The standard InChI is InChI=1S/C31H37N2O4/c1-28(2)18-14-22-24(36-30(5,6)34-22)16-20(18)32(9)26(28)12-11-13-27-29(3,4)19-15-23-25(17-21(19)33(27)10)37-31(7,8)35-23/h11-17H,1-10H3/q+1. The highest BCUT2D eigenvalue weighted by atomic mass is 16.7. The van der Waals surface area contributed by atoms with Crippen LogP contribution in [0.15, 0.2) is 48.2 Å². The van der Waals surface area contributed by atoms with Gasteiger partial charge in [0, 0.05) is 69.2 Å². The summed E-state index contributed by atoms with van der Waals surface area (Å²) in [4.78, 5) is 2.26. The monoisotopic (exact) mass is 501 g/mol. The zero-order chi connectivity index (χ0) is 26.7. The van der Waals surface area contributed by atoms with E-state index < -0.39 is 11.6 Å². The third kappa shape index (κ3) is 3.41. The number of ether oxygens (including phenoxy) is 4. The van der Waals surface area contributed by atoms with Gasteiger partial charge in [0.2, 0.25) is 17.3 Å². The van der Waals surface area contributed by atoms with Gasteiger partial charge < -0.3 is 23.8 Å². The van der Waals surface area contributed by atoms with Crippen LogP contribution in [0.4, 0.5) is 11.4 Å². The Kier molecular flexibility index (Phi) is 4.61. The molecule has 0 amide bonds. The maximum Gasteiger partial charge on any atom is 0.246 e. The first-order chi connectivity index (χ1) is 17.1. The molecule has 4 aliphatic heterocycles. The quantitative estimate of drug-likeness (QED) is 0.435. The van der Waals surface area contributed by atoms with Crippen LogP contribution < -0.4 is 23.8 Å². The molecule has 0 saturated heterocycles. The Balaban J connectivity index is 1.33. The molecule has 2 aromatic carbocycles. The molecule has 0 bridgehead atoms. The van der Waals surface area contributed by atoms with E-state index in [-0.39, 0.29) is 10.8 Å². The van der Waals surface area contributed by atoms with E-state index in [4.69, 9.17) is 18.9 Å². The van der Waals surface area contributed by atoms with E-state index in [1.165, 1.54) is 22.5 Å². The summed E-state index contributed by atoms with van der Waals surface area (Å²) in [5.41, 5.74) is 6.89. The van der Waals surface area contributed by atoms with E-state index in [0.717, 1.165) is 34.4 Å². The van der Waals surface area contributed by atoms with Crippen molar-refractivity contribution < 1.29 is 23.5 Å². The molecule has 194 valence electrons. The first-order valence-corrected chi connectivity index (χ1v) is 13.0. The summed E-state index contributed by atoms with van der Waals surface area (Å²) in [6, 6.07) is 8.50. The van der Waals surface area contributed by atoms with Gasteiger partial charge in [-0.3, -0.25) is 0 Å². The Morgan fingerprint density at radius 1 is 0.703 bits per heavy atom. The van der Waals surface area contributed by atoms with Crippen LogP contribution in [0, 0.1) is 0 Å². The van der Waals surface area contributed by atoms with Crippen molar-refractivity contribution in [1.82, 2.24) is 0 Å². The summed E-state index contributed by atoms with van der Waals surface area (Å²) in [6.07, 6.45) is 6.63. The average molecular weight is 502 g/mol. The first-order valence-electron chi connectivity index (χ1n) is 13.0. The molecular formula is C31H37N2O4+. The van der Waals surface area contributed by atoms with Gasteiger partial charge in [0.05, 0.1) is 11.5 Å². The molecule has 6 nitrogen and oxygen atoms in total. The number of allylic oxidation sites excluding steroid dienone is 4. The number of likely N-dealkylation sites (N-methyl/N-ethyl adjacent to an activating group) is 1. The fourth-order valence-electron chi connectivity index (χ4n) is 6.32. The van der Waals surface area contributed by atoms with Gasteiger partial charge >= 0.3 is 0 Å². The minimum absolute atomic E-state index is 0.174. The normalized spacial score (nSPS) is 23.8. The van der Waals surface area contributed by atoms with Crippen molar-refractivity contribution >= 4 is 17.1 Å². The van der Waals surface area contributed by atoms with Crippen LogP contribution in [-0.4, -0.2) is 36.0 Å². The predicted octanol–water partition coefficient (Wildman–Crippen LogP) is 6.57. The van der Waals surface area contributed by atoms with Gasteiger partial charge in [0.1, 0.15) is 7.05 Å². The van der Waals surface area contributed by atoms with Gasteiger partial charge in [0.25, 0.3) is 0 Å². The lowest BCUT2D eigenvalue weighted by atomic mass is 9.81. The Hall–Kier alpha value is -3.41. The van der Waals surface area contributed by atoms with E-state index in [2.05, 4.69) is 93.8 Å². The van der Waals surface area contributed by atoms with Crippen LogP contribution in [0.25, 0.3) is 0 Å². The van der Waals surface area contributed by atoms with Crippen LogP contribution in [0.1, 0.15) is 66.5 Å². The molecule has 0 fully saturated rings. The molecule has 0 saturated carbocycles. The van der Waals surface area contributed by atoms with E-state index in [9.17, 15) is 0 Å². The number of hydrogen-bond acceptors (Lipinski definition) is 5. The summed E-state index contributed by atoms with van der Waals surface area (Å²) in [5, 5.41) is 0. The lowest BCUT2D eigenvalue weighted by Gasteiger charge is -2.24. The Bertz CT molecular complexity index is 1460. The summed E-state index contributed by atoms with van der Waals surface area (Å²) in [5.74, 6) is 1.96. The summed E-state index contributed by atoms with van der Waals surface area (Å²) in [7, 11) is 4.25. The Morgan fingerprint density at radius 3 is 1.81 bits per heavy atom. The number of benzene rings is 2. The molecule has 2 aromatic rings. The highest BCUT2D eigenvalue weighted by molar-refractivity contribution is 6.03. The number of fused-ring (bicyclic) bond motifs is 4. The van der Waals surface area contributed by atoms with Crippen molar-refractivity contribution in [2.75, 3.05) is 19.0 Å². The van der Waals surface area contributed by atoms with E-state index in [1.807, 2.05) is 27.7 Å². The SMILES string of the molecule is CN1C(=CC=CC2=[N+](C)c3cc4c(cc3C2(C)C)OC(C)(C)O4)C(C)(C)c2cc3c(cc21)OC(C)(C)O3. The van der Waals surface area contributed by atoms with Crippen molar-refractivity contribution in [3.8, 4) is 23.0 Å². The Labute approximate surface area is 219 Å². The van der Waals surface area contributed by atoms with Crippen molar-refractivity contribution in [3.63, 3.8) is 0 Å². The maximum atomic E-state index is 6.04. The summed E-state index contributed by atoms with van der Waals surface area (Å²) < 4.78 is 26.4. The van der Waals surface area contributed by atoms with E-state index >= 15 is 0 Å². The average Bonchev–Trinajstić information content (AvgIpc) is 3.37. The minimum atomic E-state index is -0.634. The molecule has 0 radical (unpaired) electrons. The highest BCUT2D eigenvalue weighted by Gasteiger charge is 2.46.